The summed E-state index contributed by atoms with van der Waals surface area (Å²) in [4.78, 5) is 10.2. The average Bonchev–Trinajstić information content (AvgIpc) is 1.65. The molecule has 0 saturated heterocycles. The van der Waals surface area contributed by atoms with Crippen LogP contribution < -0.4 is 5.32 Å². The van der Waals surface area contributed by atoms with E-state index in [9.17, 15) is 4.79 Å². The summed E-state index contributed by atoms with van der Waals surface area (Å²) in [5, 5.41) is 10.6. The summed E-state index contributed by atoms with van der Waals surface area (Å²) in [6, 6.07) is 0. The van der Waals surface area contributed by atoms with Gasteiger partial charge in [0.1, 0.15) is 12.1 Å². The molecule has 48 valence electrons. The van der Waals surface area contributed by atoms with Crippen molar-refractivity contribution >= 4 is 17.5 Å². The van der Waals surface area contributed by atoms with Crippen molar-refractivity contribution in [2.45, 2.75) is 13.2 Å². The summed E-state index contributed by atoms with van der Waals surface area (Å²) in [5.41, 5.74) is 0. The largest absolute Gasteiger partial charge is 0.374 e. The first-order chi connectivity index (χ1) is 3.66. The Labute approximate surface area is 52.6 Å². The smallest absolute Gasteiger partial charge is 0.236 e. The van der Waals surface area contributed by atoms with Gasteiger partial charge in [-0.3, -0.25) is 4.79 Å². The number of aliphatic hydroxyl groups excluding tert-OH is 1. The van der Waals surface area contributed by atoms with E-state index in [1.807, 2.05) is 0 Å². The van der Waals surface area contributed by atoms with Crippen molar-refractivity contribution in [1.29, 1.82) is 0 Å². The van der Waals surface area contributed by atoms with Gasteiger partial charge in [0.05, 0.1) is 0 Å². The standard InChI is InChI=1S/C4H8ClNO2/c1-3(7)6-4(8)2-5/h3,7H,2H2,1H3,(H,6,8). The van der Waals surface area contributed by atoms with E-state index in [-0.39, 0.29) is 11.8 Å². The number of hydrogen-bond donors (Lipinski definition) is 2. The lowest BCUT2D eigenvalue weighted by Crippen LogP contribution is -2.32. The van der Waals surface area contributed by atoms with Crippen LogP contribution >= 0.6 is 11.6 Å². The van der Waals surface area contributed by atoms with E-state index in [4.69, 9.17) is 16.7 Å². The first kappa shape index (κ1) is 7.72. The topological polar surface area (TPSA) is 49.3 Å². The third kappa shape index (κ3) is 3.89. The Balaban J connectivity index is 3.25. The van der Waals surface area contributed by atoms with E-state index in [1.54, 1.807) is 0 Å². The van der Waals surface area contributed by atoms with Crippen LogP contribution in [0, 0.1) is 0 Å². The molecular formula is C4H8ClNO2. The summed E-state index contributed by atoms with van der Waals surface area (Å²) in [6.45, 7) is 1.45. The van der Waals surface area contributed by atoms with Crippen LogP contribution in [-0.2, 0) is 4.79 Å². The second-order valence-corrected chi connectivity index (χ2v) is 1.64. The monoisotopic (exact) mass is 137 g/mol. The molecule has 2 N–H and O–H groups in total. The van der Waals surface area contributed by atoms with E-state index in [0.29, 0.717) is 0 Å². The zero-order valence-corrected chi connectivity index (χ0v) is 5.27. The van der Waals surface area contributed by atoms with Crippen LogP contribution in [0.5, 0.6) is 0 Å². The molecule has 0 heterocycles. The molecule has 0 bridgehead atoms. The molecule has 0 aromatic carbocycles. The van der Waals surface area contributed by atoms with Crippen LogP contribution in [0.4, 0.5) is 0 Å². The molecule has 0 aliphatic heterocycles. The highest BCUT2D eigenvalue weighted by molar-refractivity contribution is 6.27. The van der Waals surface area contributed by atoms with Gasteiger partial charge in [0, 0.05) is 0 Å². The summed E-state index contributed by atoms with van der Waals surface area (Å²) in [7, 11) is 0. The second-order valence-electron chi connectivity index (χ2n) is 1.38. The quantitative estimate of drug-likeness (QED) is 0.405. The van der Waals surface area contributed by atoms with Crippen molar-refractivity contribution in [3.05, 3.63) is 0 Å². The summed E-state index contributed by atoms with van der Waals surface area (Å²) >= 11 is 5.07. The van der Waals surface area contributed by atoms with E-state index >= 15 is 0 Å². The number of carbonyl (C=O) groups excluding carboxylic acids is 1. The van der Waals surface area contributed by atoms with E-state index in [2.05, 4.69) is 5.32 Å². The number of nitrogens with one attached hydrogen (secondary N) is 1. The molecule has 1 unspecified atom stereocenters. The van der Waals surface area contributed by atoms with Gasteiger partial charge in [-0.15, -0.1) is 11.6 Å². The first-order valence-electron chi connectivity index (χ1n) is 2.20. The highest BCUT2D eigenvalue weighted by atomic mass is 35.5. The van der Waals surface area contributed by atoms with Gasteiger partial charge in [0.2, 0.25) is 5.91 Å². The molecule has 0 aliphatic rings. The van der Waals surface area contributed by atoms with E-state index < -0.39 is 6.23 Å². The maximum atomic E-state index is 10.2. The maximum Gasteiger partial charge on any atom is 0.236 e. The molecule has 1 amide bonds. The maximum absolute atomic E-state index is 10.2. The van der Waals surface area contributed by atoms with Gasteiger partial charge in [0.15, 0.2) is 0 Å². The SMILES string of the molecule is CC(O)NC(=O)CCl. The Morgan fingerprint density at radius 3 is 2.62 bits per heavy atom. The molecule has 4 heteroatoms. The molecule has 0 aromatic rings. The van der Waals surface area contributed by atoms with E-state index in [0.717, 1.165) is 0 Å². The molecule has 3 nitrogen and oxygen atoms in total. The van der Waals surface area contributed by atoms with Crippen LogP contribution in [0.15, 0.2) is 0 Å². The number of carbonyl (C=O) groups is 1. The first-order valence-corrected chi connectivity index (χ1v) is 2.73. The Morgan fingerprint density at radius 2 is 2.50 bits per heavy atom. The number of rotatable bonds is 2. The van der Waals surface area contributed by atoms with Crippen LogP contribution in [0.1, 0.15) is 6.92 Å². The van der Waals surface area contributed by atoms with Crippen molar-refractivity contribution in [1.82, 2.24) is 5.32 Å². The number of hydrogen-bond acceptors (Lipinski definition) is 2. The summed E-state index contributed by atoms with van der Waals surface area (Å²) in [6.07, 6.45) is -0.804. The lowest BCUT2D eigenvalue weighted by atomic mass is 10.6. The summed E-state index contributed by atoms with van der Waals surface area (Å²) < 4.78 is 0. The Bertz CT molecular complexity index is 84.1. The normalized spacial score (nSPS) is 12.9. The molecular weight excluding hydrogens is 130 g/mol. The van der Waals surface area contributed by atoms with Crippen LogP contribution in [-0.4, -0.2) is 23.1 Å². The molecule has 0 radical (unpaired) electrons. The third-order valence-electron chi connectivity index (χ3n) is 0.491. The molecule has 0 rings (SSSR count). The predicted molar refractivity (Wildman–Crippen MR) is 30.5 cm³/mol. The van der Waals surface area contributed by atoms with Crippen molar-refractivity contribution in [2.75, 3.05) is 5.88 Å². The highest BCUT2D eigenvalue weighted by Gasteiger charge is 1.98. The lowest BCUT2D eigenvalue weighted by molar-refractivity contribution is -0.121. The molecule has 0 saturated carbocycles. The average molecular weight is 138 g/mol. The minimum Gasteiger partial charge on any atom is -0.374 e. The minimum atomic E-state index is -0.804. The fourth-order valence-corrected chi connectivity index (χ4v) is 0.349. The predicted octanol–water partition coefficient (Wildman–Crippen LogP) is -0.320. The van der Waals surface area contributed by atoms with Crippen LogP contribution in [0.2, 0.25) is 0 Å². The number of amides is 1. The van der Waals surface area contributed by atoms with Crippen molar-refractivity contribution < 1.29 is 9.90 Å². The van der Waals surface area contributed by atoms with Gasteiger partial charge in [-0.2, -0.15) is 0 Å². The van der Waals surface area contributed by atoms with Crippen LogP contribution in [0.25, 0.3) is 0 Å². The Kier molecular flexibility index (Phi) is 3.56. The zero-order valence-electron chi connectivity index (χ0n) is 4.52. The van der Waals surface area contributed by atoms with Gasteiger partial charge in [0.25, 0.3) is 0 Å². The molecule has 8 heavy (non-hydrogen) atoms. The van der Waals surface area contributed by atoms with Crippen molar-refractivity contribution in [3.8, 4) is 0 Å². The van der Waals surface area contributed by atoms with Gasteiger partial charge in [-0.1, -0.05) is 0 Å². The Hall–Kier alpha value is -0.280. The van der Waals surface area contributed by atoms with Crippen molar-refractivity contribution in [2.24, 2.45) is 0 Å². The number of aliphatic hydroxyl groups is 1. The van der Waals surface area contributed by atoms with Gasteiger partial charge in [-0.05, 0) is 6.92 Å². The second kappa shape index (κ2) is 3.69. The molecule has 0 spiro atoms. The lowest BCUT2D eigenvalue weighted by Gasteiger charge is -2.02. The number of alkyl halides is 1. The fourth-order valence-electron chi connectivity index (χ4n) is 0.272. The number of halogens is 1. The van der Waals surface area contributed by atoms with E-state index in [1.165, 1.54) is 6.92 Å². The Morgan fingerprint density at radius 1 is 2.00 bits per heavy atom. The highest BCUT2D eigenvalue weighted by Crippen LogP contribution is 1.76. The molecule has 0 aliphatic carbocycles. The third-order valence-corrected chi connectivity index (χ3v) is 0.734. The zero-order chi connectivity index (χ0) is 6.57. The molecule has 0 fully saturated rings. The van der Waals surface area contributed by atoms with Gasteiger partial charge >= 0.3 is 0 Å². The molecule has 0 aromatic heterocycles. The molecule has 1 atom stereocenters. The van der Waals surface area contributed by atoms with Crippen LogP contribution in [0.3, 0.4) is 0 Å². The van der Waals surface area contributed by atoms with Gasteiger partial charge < -0.3 is 10.4 Å². The van der Waals surface area contributed by atoms with Crippen molar-refractivity contribution in [3.63, 3.8) is 0 Å². The summed E-state index contributed by atoms with van der Waals surface area (Å²) in [5.74, 6) is -0.466. The fraction of sp³-hybridized carbons (Fsp3) is 0.750. The van der Waals surface area contributed by atoms with Gasteiger partial charge in [-0.25, -0.2) is 0 Å². The minimum absolute atomic E-state index is 0.106.